The van der Waals surface area contributed by atoms with Crippen LogP contribution in [0, 0.1) is 12.4 Å². The Morgan fingerprint density at radius 3 is 2.68 bits per heavy atom. The van der Waals surface area contributed by atoms with Gasteiger partial charge in [-0.2, -0.15) is 5.10 Å². The molecule has 11 heteroatoms. The molecule has 2 fully saturated rings. The third-order valence-electron chi connectivity index (χ3n) is 6.88. The van der Waals surface area contributed by atoms with Crippen molar-refractivity contribution < 1.29 is 14.0 Å². The molecule has 1 aromatic heterocycles. The van der Waals surface area contributed by atoms with E-state index in [1.165, 1.54) is 17.0 Å². The molecule has 2 aliphatic rings. The Kier molecular flexibility index (Phi) is 5.63. The van der Waals surface area contributed by atoms with Crippen LogP contribution in [-0.2, 0) is 11.3 Å². The molecule has 0 atom stereocenters. The van der Waals surface area contributed by atoms with Gasteiger partial charge in [-0.3, -0.25) is 19.6 Å². The van der Waals surface area contributed by atoms with Gasteiger partial charge in [0.05, 0.1) is 24.0 Å². The summed E-state index contributed by atoms with van der Waals surface area (Å²) >= 11 is 11.9. The van der Waals surface area contributed by atoms with Crippen molar-refractivity contribution in [2.45, 2.75) is 24.9 Å². The summed E-state index contributed by atoms with van der Waals surface area (Å²) in [5.41, 5.74) is 1.87. The van der Waals surface area contributed by atoms with E-state index in [1.54, 1.807) is 53.6 Å². The molecule has 3 aromatic carbocycles. The predicted molar refractivity (Wildman–Crippen MR) is 146 cm³/mol. The Bertz CT molecular complexity index is 1710. The molecule has 38 heavy (non-hydrogen) atoms. The maximum atomic E-state index is 15.2. The van der Waals surface area contributed by atoms with Gasteiger partial charge in [-0.15, -0.1) is 0 Å². The second-order valence-electron chi connectivity index (χ2n) is 9.17. The number of nitrogens with zero attached hydrogens (tertiary/aromatic N) is 4. The van der Waals surface area contributed by atoms with Gasteiger partial charge in [-0.1, -0.05) is 23.7 Å². The first-order valence-electron chi connectivity index (χ1n) is 11.7. The zero-order valence-corrected chi connectivity index (χ0v) is 21.2. The molecule has 2 N–H and O–H groups in total. The quantitative estimate of drug-likeness (QED) is 0.256. The number of H-pyrrole nitrogens is 1. The Balaban J connectivity index is 1.22. The molecule has 2 amide bonds. The highest BCUT2D eigenvalue weighted by atomic mass is 35.5. The van der Waals surface area contributed by atoms with Gasteiger partial charge in [-0.05, 0) is 67.5 Å². The molecule has 1 spiro atoms. The number of hydrogen-bond donors (Lipinski definition) is 2. The lowest BCUT2D eigenvalue weighted by atomic mass is 10.1. The lowest BCUT2D eigenvalue weighted by molar-refractivity contribution is -0.118. The summed E-state index contributed by atoms with van der Waals surface area (Å²) in [6.45, 7) is 7.17. The molecule has 1 aliphatic heterocycles. The van der Waals surface area contributed by atoms with E-state index in [1.807, 2.05) is 0 Å². The third-order valence-corrected chi connectivity index (χ3v) is 7.55. The van der Waals surface area contributed by atoms with Crippen LogP contribution in [0.25, 0.3) is 15.7 Å². The first-order chi connectivity index (χ1) is 18.3. The molecule has 0 radical (unpaired) electrons. The molecule has 4 aromatic rings. The van der Waals surface area contributed by atoms with Gasteiger partial charge in [0.2, 0.25) is 5.69 Å². The fourth-order valence-electron chi connectivity index (χ4n) is 4.72. The summed E-state index contributed by atoms with van der Waals surface area (Å²) in [6.07, 6.45) is 2.79. The number of amides is 2. The molecule has 1 aliphatic carbocycles. The minimum Gasteiger partial charge on any atom is -0.348 e. The van der Waals surface area contributed by atoms with Crippen molar-refractivity contribution in [2.75, 3.05) is 9.80 Å². The van der Waals surface area contributed by atoms with Crippen LogP contribution >= 0.6 is 23.8 Å². The smallest absolute Gasteiger partial charge is 0.259 e. The van der Waals surface area contributed by atoms with Crippen molar-refractivity contribution in [1.29, 1.82) is 0 Å². The molecule has 0 unspecified atom stereocenters. The van der Waals surface area contributed by atoms with E-state index < -0.39 is 11.4 Å². The lowest BCUT2D eigenvalue weighted by Gasteiger charge is -2.24. The van der Waals surface area contributed by atoms with Crippen LogP contribution in [-0.4, -0.2) is 32.7 Å². The molecular weight excluding hydrogens is 527 g/mol. The van der Waals surface area contributed by atoms with Crippen LogP contribution in [0.4, 0.5) is 21.5 Å². The fourth-order valence-corrected chi connectivity index (χ4v) is 5.41. The summed E-state index contributed by atoms with van der Waals surface area (Å²) in [5, 5.41) is 10.8. The number of hydrogen-bond acceptors (Lipinski definition) is 4. The molecule has 188 valence electrons. The van der Waals surface area contributed by atoms with E-state index in [0.717, 1.165) is 10.9 Å². The van der Waals surface area contributed by atoms with Gasteiger partial charge in [-0.25, -0.2) is 9.24 Å². The van der Waals surface area contributed by atoms with Crippen LogP contribution in [0.15, 0.2) is 60.8 Å². The van der Waals surface area contributed by atoms with E-state index in [-0.39, 0.29) is 34.2 Å². The van der Waals surface area contributed by atoms with Gasteiger partial charge >= 0.3 is 0 Å². The monoisotopic (exact) mass is 544 g/mol. The van der Waals surface area contributed by atoms with Crippen LogP contribution in [0.3, 0.4) is 0 Å². The van der Waals surface area contributed by atoms with Gasteiger partial charge in [0.1, 0.15) is 11.4 Å². The first-order valence-corrected chi connectivity index (χ1v) is 12.5. The number of carbonyl (C=O) groups is 2. The fraction of sp³-hybridized carbons (Fsp3) is 0.148. The van der Waals surface area contributed by atoms with Crippen molar-refractivity contribution in [3.05, 3.63) is 94.2 Å². The summed E-state index contributed by atoms with van der Waals surface area (Å²) < 4.78 is 15.2. The predicted octanol–water partition coefficient (Wildman–Crippen LogP) is 5.51. The van der Waals surface area contributed by atoms with Crippen molar-refractivity contribution in [1.82, 2.24) is 15.5 Å². The number of rotatable bonds is 5. The lowest BCUT2D eigenvalue weighted by Crippen LogP contribution is -2.37. The highest BCUT2D eigenvalue weighted by molar-refractivity contribution is 7.81. The third kappa shape index (κ3) is 3.79. The Morgan fingerprint density at radius 1 is 1.18 bits per heavy atom. The minimum atomic E-state index is -0.865. The standard InChI is InChI=1S/C27H18ClFN6O2S/c1-30-23-7-5-18(11-20(23)28)34-25(37)27(8-9-27)35(26(34)38)19-4-2-16(21(29)12-19)13-31-24(36)15-3-6-22-17(10-15)14-32-33-22/h2-7,10-12,14H,8-9,13H2,(H,31,36)(H,32,33). The SMILES string of the molecule is [C-]#[N+]c1ccc(N2C(=O)C3(CC3)N(c3ccc(CNC(=O)c4ccc5[nH]ncc5c4)c(F)c3)C2=S)cc1Cl. The largest absolute Gasteiger partial charge is 0.348 e. The topological polar surface area (TPSA) is 85.7 Å². The van der Waals surface area contributed by atoms with E-state index in [9.17, 15) is 9.59 Å². The number of aromatic nitrogens is 2. The van der Waals surface area contributed by atoms with E-state index >= 15 is 4.39 Å². The van der Waals surface area contributed by atoms with Gasteiger partial charge < -0.3 is 10.2 Å². The average molecular weight is 545 g/mol. The normalized spacial score (nSPS) is 15.8. The number of halogens is 2. The molecule has 6 rings (SSSR count). The Labute approximate surface area is 226 Å². The second kappa shape index (κ2) is 8.90. The number of anilines is 2. The van der Waals surface area contributed by atoms with Crippen molar-refractivity contribution in [3.8, 4) is 0 Å². The van der Waals surface area contributed by atoms with Gasteiger partial charge in [0.25, 0.3) is 11.8 Å². The van der Waals surface area contributed by atoms with Crippen LogP contribution in [0.2, 0.25) is 5.02 Å². The summed E-state index contributed by atoms with van der Waals surface area (Å²) in [7, 11) is 0. The Hall–Kier alpha value is -4.33. The molecule has 0 bridgehead atoms. The number of fused-ring (bicyclic) bond motifs is 1. The summed E-state index contributed by atoms with van der Waals surface area (Å²) in [4.78, 5) is 32.5. The number of aromatic amines is 1. The van der Waals surface area contributed by atoms with E-state index in [4.69, 9.17) is 30.4 Å². The molecule has 2 heterocycles. The van der Waals surface area contributed by atoms with E-state index in [0.29, 0.717) is 35.3 Å². The summed E-state index contributed by atoms with van der Waals surface area (Å²) in [5.74, 6) is -1.07. The Morgan fingerprint density at radius 2 is 1.97 bits per heavy atom. The van der Waals surface area contributed by atoms with Crippen LogP contribution in [0.5, 0.6) is 0 Å². The van der Waals surface area contributed by atoms with Crippen LogP contribution in [0.1, 0.15) is 28.8 Å². The number of thiocarbonyl (C=S) groups is 1. The highest BCUT2D eigenvalue weighted by Gasteiger charge is 2.64. The minimum absolute atomic E-state index is 0.0130. The molecule has 1 saturated carbocycles. The van der Waals surface area contributed by atoms with Crippen molar-refractivity contribution >= 4 is 68.7 Å². The average Bonchev–Trinajstić information content (AvgIpc) is 3.50. The molecular formula is C27H18ClFN6O2S. The van der Waals surface area contributed by atoms with Crippen molar-refractivity contribution in [2.24, 2.45) is 0 Å². The zero-order chi connectivity index (χ0) is 26.6. The first kappa shape index (κ1) is 24.0. The van der Waals surface area contributed by atoms with Crippen molar-refractivity contribution in [3.63, 3.8) is 0 Å². The zero-order valence-electron chi connectivity index (χ0n) is 19.7. The second-order valence-corrected chi connectivity index (χ2v) is 9.94. The number of nitrogens with one attached hydrogen (secondary N) is 2. The van der Waals surface area contributed by atoms with Gasteiger partial charge in [0, 0.05) is 33.8 Å². The summed E-state index contributed by atoms with van der Waals surface area (Å²) in [6, 6.07) is 14.5. The highest BCUT2D eigenvalue weighted by Crippen LogP contribution is 2.51. The number of benzene rings is 3. The maximum absolute atomic E-state index is 15.2. The molecule has 1 saturated heterocycles. The molecule has 8 nitrogen and oxygen atoms in total. The number of carbonyl (C=O) groups excluding carboxylic acids is 2. The maximum Gasteiger partial charge on any atom is 0.259 e. The van der Waals surface area contributed by atoms with Gasteiger partial charge in [0.15, 0.2) is 5.11 Å². The van der Waals surface area contributed by atoms with Crippen LogP contribution < -0.4 is 15.1 Å². The van der Waals surface area contributed by atoms with E-state index in [2.05, 4.69) is 20.4 Å².